The fourth-order valence-electron chi connectivity index (χ4n) is 4.57. The van der Waals surface area contributed by atoms with Gasteiger partial charge in [0, 0.05) is 11.8 Å². The van der Waals surface area contributed by atoms with Crippen molar-refractivity contribution in [3.05, 3.63) is 47.8 Å². The van der Waals surface area contributed by atoms with Gasteiger partial charge in [-0.3, -0.25) is 9.69 Å². The molecule has 1 aliphatic rings. The number of methoxy groups -OCH3 is 1. The van der Waals surface area contributed by atoms with Crippen LogP contribution in [0.15, 0.2) is 36.5 Å². The van der Waals surface area contributed by atoms with Gasteiger partial charge in [0.1, 0.15) is 11.4 Å². The van der Waals surface area contributed by atoms with E-state index in [9.17, 15) is 9.59 Å². The van der Waals surface area contributed by atoms with E-state index in [-0.39, 0.29) is 5.97 Å². The zero-order chi connectivity index (χ0) is 26.1. The van der Waals surface area contributed by atoms with E-state index in [0.717, 1.165) is 61.2 Å². The summed E-state index contributed by atoms with van der Waals surface area (Å²) in [6, 6.07) is 9.63. The molecule has 1 aliphatic heterocycles. The van der Waals surface area contributed by atoms with Crippen LogP contribution in [-0.2, 0) is 14.3 Å². The summed E-state index contributed by atoms with van der Waals surface area (Å²) < 4.78 is 16.5. The number of piperidine rings is 1. The number of hydrogen-bond donors (Lipinski definition) is 0. The highest BCUT2D eigenvalue weighted by atomic mass is 16.6. The van der Waals surface area contributed by atoms with Crippen molar-refractivity contribution in [1.29, 1.82) is 0 Å². The third kappa shape index (κ3) is 8.05. The number of esters is 2. The lowest BCUT2D eigenvalue weighted by Crippen LogP contribution is -2.37. The van der Waals surface area contributed by atoms with Crippen LogP contribution in [0.4, 0.5) is 0 Å². The first-order valence-electron chi connectivity index (χ1n) is 12.9. The van der Waals surface area contributed by atoms with E-state index in [4.69, 9.17) is 14.2 Å². The van der Waals surface area contributed by atoms with E-state index < -0.39 is 11.6 Å². The predicted molar refractivity (Wildman–Crippen MR) is 140 cm³/mol. The molecule has 0 saturated carbocycles. The van der Waals surface area contributed by atoms with Crippen LogP contribution in [0.2, 0.25) is 0 Å². The average Bonchev–Trinajstić information content (AvgIpc) is 2.84. The van der Waals surface area contributed by atoms with Crippen LogP contribution in [0, 0.1) is 12.8 Å². The molecule has 7 nitrogen and oxygen atoms in total. The van der Waals surface area contributed by atoms with Crippen molar-refractivity contribution in [2.45, 2.75) is 65.4 Å². The summed E-state index contributed by atoms with van der Waals surface area (Å²) in [6.45, 7) is 10.5. The number of aromatic nitrogens is 1. The third-order valence-electron chi connectivity index (χ3n) is 6.53. The molecule has 3 rings (SSSR count). The van der Waals surface area contributed by atoms with Crippen LogP contribution in [0.25, 0.3) is 11.1 Å². The first-order valence-corrected chi connectivity index (χ1v) is 12.9. The Morgan fingerprint density at radius 3 is 2.47 bits per heavy atom. The Morgan fingerprint density at radius 1 is 1.06 bits per heavy atom. The maximum Gasteiger partial charge on any atom is 0.358 e. The molecule has 1 aromatic carbocycles. The monoisotopic (exact) mass is 496 g/mol. The number of rotatable bonds is 10. The van der Waals surface area contributed by atoms with Crippen molar-refractivity contribution in [2.75, 3.05) is 33.4 Å². The molecule has 1 fully saturated rings. The number of carbonyl (C=O) groups is 2. The van der Waals surface area contributed by atoms with E-state index in [1.165, 1.54) is 13.5 Å². The molecule has 0 N–H and O–H groups in total. The number of benzene rings is 1. The molecule has 1 aromatic heterocycles. The maximum atomic E-state index is 12.8. The van der Waals surface area contributed by atoms with Gasteiger partial charge in [-0.05, 0) is 95.6 Å². The van der Waals surface area contributed by atoms with Crippen molar-refractivity contribution in [1.82, 2.24) is 9.88 Å². The molecule has 36 heavy (non-hydrogen) atoms. The Hall–Kier alpha value is -2.93. The molecule has 0 unspecified atom stereocenters. The van der Waals surface area contributed by atoms with Gasteiger partial charge in [0.25, 0.3) is 0 Å². The quantitative estimate of drug-likeness (QED) is 0.320. The van der Waals surface area contributed by atoms with Gasteiger partial charge >= 0.3 is 11.9 Å². The molecular weight excluding hydrogens is 456 g/mol. The van der Waals surface area contributed by atoms with Gasteiger partial charge in [0.15, 0.2) is 5.69 Å². The summed E-state index contributed by atoms with van der Waals surface area (Å²) in [5.74, 6) is 0.943. The van der Waals surface area contributed by atoms with Gasteiger partial charge in [0.2, 0.25) is 0 Å². The molecule has 0 atom stereocenters. The van der Waals surface area contributed by atoms with Crippen molar-refractivity contribution in [3.8, 4) is 16.9 Å². The zero-order valence-corrected chi connectivity index (χ0v) is 22.3. The molecule has 1 saturated heterocycles. The Labute approximate surface area is 215 Å². The highest BCUT2D eigenvalue weighted by molar-refractivity contribution is 5.96. The number of likely N-dealkylation sites (tertiary alicyclic amines) is 1. The second-order valence-corrected chi connectivity index (χ2v) is 10.5. The summed E-state index contributed by atoms with van der Waals surface area (Å²) in [5.41, 5.74) is 2.36. The first kappa shape index (κ1) is 27.7. The van der Waals surface area contributed by atoms with Gasteiger partial charge in [-0.25, -0.2) is 9.78 Å². The third-order valence-corrected chi connectivity index (χ3v) is 6.53. The van der Waals surface area contributed by atoms with Crippen LogP contribution in [-0.4, -0.2) is 60.8 Å². The Balaban J connectivity index is 1.51. The zero-order valence-electron chi connectivity index (χ0n) is 22.3. The normalized spacial score (nSPS) is 14.9. The van der Waals surface area contributed by atoms with Crippen LogP contribution in [0.5, 0.6) is 5.75 Å². The number of ether oxygens (including phenoxy) is 3. The van der Waals surface area contributed by atoms with E-state index in [0.29, 0.717) is 24.8 Å². The number of nitrogens with zero attached hydrogens (tertiary/aromatic N) is 2. The first-order chi connectivity index (χ1) is 17.2. The molecule has 0 amide bonds. The fraction of sp³-hybridized carbons (Fsp3) is 0.552. The van der Waals surface area contributed by atoms with Gasteiger partial charge in [-0.1, -0.05) is 24.6 Å². The molecule has 0 bridgehead atoms. The average molecular weight is 497 g/mol. The summed E-state index contributed by atoms with van der Waals surface area (Å²) in [7, 11) is 1.44. The van der Waals surface area contributed by atoms with E-state index >= 15 is 0 Å². The van der Waals surface area contributed by atoms with Gasteiger partial charge in [-0.2, -0.15) is 0 Å². The number of carbonyl (C=O) groups excluding carboxylic acids is 2. The smallest absolute Gasteiger partial charge is 0.358 e. The molecular formula is C29H40N2O5. The lowest BCUT2D eigenvalue weighted by molar-refractivity contribution is -0.142. The van der Waals surface area contributed by atoms with Crippen LogP contribution in [0.1, 0.15) is 68.9 Å². The Morgan fingerprint density at radius 2 is 1.78 bits per heavy atom. The largest absolute Gasteiger partial charge is 0.493 e. The number of unbranched alkanes of at least 4 members (excludes halogenated alkanes) is 1. The van der Waals surface area contributed by atoms with Crippen molar-refractivity contribution in [3.63, 3.8) is 0 Å². The highest BCUT2D eigenvalue weighted by Gasteiger charge is 2.23. The van der Waals surface area contributed by atoms with Crippen molar-refractivity contribution in [2.24, 2.45) is 5.92 Å². The second-order valence-electron chi connectivity index (χ2n) is 10.5. The molecule has 0 spiro atoms. The molecule has 2 aromatic rings. The second kappa shape index (κ2) is 12.9. The highest BCUT2D eigenvalue weighted by Crippen LogP contribution is 2.32. The van der Waals surface area contributed by atoms with Gasteiger partial charge in [0.05, 0.1) is 20.3 Å². The maximum absolute atomic E-state index is 12.8. The van der Waals surface area contributed by atoms with Crippen molar-refractivity contribution < 1.29 is 23.8 Å². The molecule has 196 valence electrons. The topological polar surface area (TPSA) is 78.0 Å². The summed E-state index contributed by atoms with van der Waals surface area (Å²) in [6.07, 6.45) is 7.16. The lowest BCUT2D eigenvalue weighted by atomic mass is 9.91. The van der Waals surface area contributed by atoms with Crippen LogP contribution >= 0.6 is 0 Å². The van der Waals surface area contributed by atoms with E-state index in [1.807, 2.05) is 58.0 Å². The lowest BCUT2D eigenvalue weighted by Gasteiger charge is -2.31. The Kier molecular flexibility index (Phi) is 9.88. The number of hydrogen-bond acceptors (Lipinski definition) is 7. The van der Waals surface area contributed by atoms with E-state index in [1.54, 1.807) is 6.20 Å². The summed E-state index contributed by atoms with van der Waals surface area (Å²) >= 11 is 0. The van der Waals surface area contributed by atoms with Crippen LogP contribution in [0.3, 0.4) is 0 Å². The molecule has 2 heterocycles. The Bertz CT molecular complexity index is 1020. The minimum absolute atomic E-state index is 0.158. The van der Waals surface area contributed by atoms with E-state index in [2.05, 4.69) is 9.88 Å². The summed E-state index contributed by atoms with van der Waals surface area (Å²) in [5, 5.41) is 0. The SMILES string of the molecule is COC(=O)CN1CCC(CCCCOc2cccc(-c3cccnc3C(=O)OC(C)(C)C)c2C)CC1. The molecule has 0 aliphatic carbocycles. The molecule has 0 radical (unpaired) electrons. The van der Waals surface area contributed by atoms with Gasteiger partial charge in [-0.15, -0.1) is 0 Å². The predicted octanol–water partition coefficient (Wildman–Crippen LogP) is 5.45. The minimum Gasteiger partial charge on any atom is -0.493 e. The molecule has 7 heteroatoms. The van der Waals surface area contributed by atoms with Crippen LogP contribution < -0.4 is 4.74 Å². The minimum atomic E-state index is -0.591. The van der Waals surface area contributed by atoms with Gasteiger partial charge < -0.3 is 14.2 Å². The standard InChI is InChI=1S/C29H40N2O5/c1-21-23(24-12-9-16-30-27(24)28(33)36-29(2,3)4)11-8-13-25(21)35-19-7-6-10-22-14-17-31(18-15-22)20-26(32)34-5/h8-9,11-13,16,22H,6-7,10,14-15,17-20H2,1-5H3. The summed E-state index contributed by atoms with van der Waals surface area (Å²) in [4.78, 5) is 30.7. The van der Waals surface area contributed by atoms with Crippen molar-refractivity contribution >= 4 is 11.9 Å². The fourth-order valence-corrected chi connectivity index (χ4v) is 4.57. The number of pyridine rings is 1.